The lowest BCUT2D eigenvalue weighted by Crippen LogP contribution is -2.42. The number of hydrogen-bond acceptors (Lipinski definition) is 3. The summed E-state index contributed by atoms with van der Waals surface area (Å²) in [5.74, 6) is -0.659. The molecule has 2 aromatic rings. The van der Waals surface area contributed by atoms with Gasteiger partial charge in [-0.25, -0.2) is 8.42 Å². The molecule has 0 unspecified atom stereocenters. The first-order valence-corrected chi connectivity index (χ1v) is 11.6. The molecular formula is C20H19Cl2F3N2O3S. The van der Waals surface area contributed by atoms with E-state index in [-0.39, 0.29) is 40.5 Å². The maximum absolute atomic E-state index is 12.8. The van der Waals surface area contributed by atoms with Crippen molar-refractivity contribution in [3.05, 3.63) is 63.6 Å². The lowest BCUT2D eigenvalue weighted by atomic mass is 9.97. The van der Waals surface area contributed by atoms with Crippen LogP contribution < -0.4 is 5.32 Å². The predicted octanol–water partition coefficient (Wildman–Crippen LogP) is 4.73. The fourth-order valence-electron chi connectivity index (χ4n) is 3.32. The summed E-state index contributed by atoms with van der Waals surface area (Å²) in [6.07, 6.45) is -3.78. The fourth-order valence-corrected chi connectivity index (χ4v) is 5.52. The van der Waals surface area contributed by atoms with Crippen molar-refractivity contribution in [2.24, 2.45) is 5.92 Å². The largest absolute Gasteiger partial charge is 0.416 e. The minimum absolute atomic E-state index is 0.0702. The van der Waals surface area contributed by atoms with E-state index in [1.165, 1.54) is 34.6 Å². The first kappa shape index (κ1) is 23.8. The molecule has 1 N–H and O–H groups in total. The van der Waals surface area contributed by atoms with Crippen LogP contribution in [0.1, 0.15) is 24.0 Å². The van der Waals surface area contributed by atoms with Crippen LogP contribution in [-0.4, -0.2) is 31.7 Å². The molecule has 0 bridgehead atoms. The van der Waals surface area contributed by atoms with Crippen LogP contribution >= 0.6 is 23.2 Å². The Morgan fingerprint density at radius 2 is 1.68 bits per heavy atom. The lowest BCUT2D eigenvalue weighted by Gasteiger charge is -2.30. The second-order valence-electron chi connectivity index (χ2n) is 7.17. The Balaban J connectivity index is 1.55. The van der Waals surface area contributed by atoms with E-state index in [9.17, 15) is 26.4 Å². The van der Waals surface area contributed by atoms with Crippen molar-refractivity contribution >= 4 is 39.1 Å². The van der Waals surface area contributed by atoms with Gasteiger partial charge in [-0.05, 0) is 48.7 Å². The third kappa shape index (κ3) is 5.71. The Morgan fingerprint density at radius 3 is 2.26 bits per heavy atom. The molecular weight excluding hydrogens is 476 g/mol. The molecule has 0 aliphatic carbocycles. The molecule has 11 heteroatoms. The van der Waals surface area contributed by atoms with E-state index in [1.54, 1.807) is 0 Å². The van der Waals surface area contributed by atoms with Gasteiger partial charge in [-0.15, -0.1) is 0 Å². The van der Waals surface area contributed by atoms with Gasteiger partial charge in [-0.2, -0.15) is 17.5 Å². The molecule has 1 aliphatic heterocycles. The molecule has 3 rings (SSSR count). The molecule has 0 radical (unpaired) electrons. The van der Waals surface area contributed by atoms with Crippen LogP contribution in [0.15, 0.2) is 47.4 Å². The molecule has 0 aromatic heterocycles. The summed E-state index contributed by atoms with van der Waals surface area (Å²) in [6.45, 7) is 0.376. The highest BCUT2D eigenvalue weighted by molar-refractivity contribution is 7.89. The van der Waals surface area contributed by atoms with E-state index in [1.807, 2.05) is 0 Å². The molecule has 31 heavy (non-hydrogen) atoms. The maximum atomic E-state index is 12.8. The van der Waals surface area contributed by atoms with Gasteiger partial charge in [0.25, 0.3) is 0 Å². The zero-order chi connectivity index (χ0) is 22.8. The van der Waals surface area contributed by atoms with Gasteiger partial charge in [0.15, 0.2) is 0 Å². The van der Waals surface area contributed by atoms with Crippen molar-refractivity contribution in [3.8, 4) is 0 Å². The Kier molecular flexibility index (Phi) is 7.20. The molecule has 1 heterocycles. The van der Waals surface area contributed by atoms with Crippen molar-refractivity contribution in [2.75, 3.05) is 13.1 Å². The summed E-state index contributed by atoms with van der Waals surface area (Å²) in [5.41, 5.74) is -0.215. The second-order valence-corrected chi connectivity index (χ2v) is 9.92. The maximum Gasteiger partial charge on any atom is 0.416 e. The Morgan fingerprint density at radius 1 is 1.06 bits per heavy atom. The van der Waals surface area contributed by atoms with E-state index in [0.29, 0.717) is 18.4 Å². The van der Waals surface area contributed by atoms with Gasteiger partial charge in [0.2, 0.25) is 15.9 Å². The highest BCUT2D eigenvalue weighted by Gasteiger charge is 2.33. The van der Waals surface area contributed by atoms with Gasteiger partial charge < -0.3 is 5.32 Å². The van der Waals surface area contributed by atoms with Crippen LogP contribution in [0.5, 0.6) is 0 Å². The van der Waals surface area contributed by atoms with Crippen molar-refractivity contribution < 1.29 is 26.4 Å². The number of sulfonamides is 1. The number of rotatable bonds is 5. The quantitative estimate of drug-likeness (QED) is 0.653. The van der Waals surface area contributed by atoms with E-state index < -0.39 is 27.7 Å². The molecule has 168 valence electrons. The Hall–Kier alpha value is -1.81. The van der Waals surface area contributed by atoms with Crippen LogP contribution in [-0.2, 0) is 27.5 Å². The number of halogens is 5. The fraction of sp³-hybridized carbons (Fsp3) is 0.350. The molecule has 2 aromatic carbocycles. The zero-order valence-electron chi connectivity index (χ0n) is 16.1. The number of alkyl halides is 3. The van der Waals surface area contributed by atoms with Gasteiger partial charge in [0.05, 0.1) is 10.6 Å². The van der Waals surface area contributed by atoms with Crippen LogP contribution in [0.3, 0.4) is 0 Å². The summed E-state index contributed by atoms with van der Waals surface area (Å²) >= 11 is 11.9. The molecule has 1 fully saturated rings. The summed E-state index contributed by atoms with van der Waals surface area (Å²) in [4.78, 5) is 12.3. The van der Waals surface area contributed by atoms with E-state index in [0.717, 1.165) is 12.1 Å². The average Bonchev–Trinajstić information content (AvgIpc) is 2.73. The van der Waals surface area contributed by atoms with Gasteiger partial charge in [0, 0.05) is 30.6 Å². The molecule has 1 aliphatic rings. The van der Waals surface area contributed by atoms with Crippen molar-refractivity contribution in [2.45, 2.75) is 30.5 Å². The smallest absolute Gasteiger partial charge is 0.352 e. The third-order valence-electron chi connectivity index (χ3n) is 5.08. The van der Waals surface area contributed by atoms with Crippen molar-refractivity contribution in [1.29, 1.82) is 0 Å². The van der Waals surface area contributed by atoms with Crippen LogP contribution in [0.2, 0.25) is 10.0 Å². The Labute approximate surface area is 188 Å². The van der Waals surface area contributed by atoms with Crippen molar-refractivity contribution in [1.82, 2.24) is 9.62 Å². The third-order valence-corrected chi connectivity index (χ3v) is 7.70. The molecule has 0 spiro atoms. The lowest BCUT2D eigenvalue weighted by molar-refractivity contribution is -0.137. The normalized spacial score (nSPS) is 16.3. The van der Waals surface area contributed by atoms with Crippen molar-refractivity contribution in [3.63, 3.8) is 0 Å². The van der Waals surface area contributed by atoms with Gasteiger partial charge in [-0.3, -0.25) is 4.79 Å². The summed E-state index contributed by atoms with van der Waals surface area (Å²) in [6, 6.07) is 8.76. The molecule has 0 saturated carbocycles. The number of benzene rings is 2. The van der Waals surface area contributed by atoms with Gasteiger partial charge in [0.1, 0.15) is 4.90 Å². The first-order valence-electron chi connectivity index (χ1n) is 9.37. The number of amides is 1. The molecule has 1 saturated heterocycles. The Bertz CT molecular complexity index is 1050. The second kappa shape index (κ2) is 9.36. The number of hydrogen-bond donors (Lipinski definition) is 1. The van der Waals surface area contributed by atoms with Crippen LogP contribution in [0.25, 0.3) is 0 Å². The minimum Gasteiger partial charge on any atom is -0.352 e. The number of nitrogens with one attached hydrogen (secondary N) is 1. The highest BCUT2D eigenvalue weighted by atomic mass is 35.5. The van der Waals surface area contributed by atoms with E-state index in [2.05, 4.69) is 5.32 Å². The number of carbonyl (C=O) groups excluding carboxylic acids is 1. The topological polar surface area (TPSA) is 66.5 Å². The van der Waals surface area contributed by atoms with Gasteiger partial charge in [-0.1, -0.05) is 35.3 Å². The predicted molar refractivity (Wildman–Crippen MR) is 111 cm³/mol. The molecule has 0 atom stereocenters. The molecule has 5 nitrogen and oxygen atoms in total. The number of nitrogens with zero attached hydrogens (tertiary/aromatic N) is 1. The number of piperidine rings is 1. The van der Waals surface area contributed by atoms with E-state index in [4.69, 9.17) is 23.2 Å². The van der Waals surface area contributed by atoms with E-state index >= 15 is 0 Å². The minimum atomic E-state index is -4.41. The molecule has 1 amide bonds. The van der Waals surface area contributed by atoms with Crippen LogP contribution in [0.4, 0.5) is 13.2 Å². The summed E-state index contributed by atoms with van der Waals surface area (Å²) in [7, 11) is -3.84. The SMILES string of the molecule is O=C(NCc1ccc(C(F)(F)F)cc1)C1CCN(S(=O)(=O)c2cc(Cl)ccc2Cl)CC1. The standard InChI is InChI=1S/C20H19Cl2F3N2O3S/c21-16-5-6-17(22)18(11-16)31(29,30)27-9-7-14(8-10-27)19(28)26-12-13-1-3-15(4-2-13)20(23,24)25/h1-6,11,14H,7-10,12H2,(H,26,28). The van der Waals surface area contributed by atoms with Crippen LogP contribution in [0, 0.1) is 5.92 Å². The zero-order valence-corrected chi connectivity index (χ0v) is 18.5. The average molecular weight is 495 g/mol. The van der Waals surface area contributed by atoms with Gasteiger partial charge >= 0.3 is 6.18 Å². The summed E-state index contributed by atoms with van der Waals surface area (Å²) < 4.78 is 64.8. The summed E-state index contributed by atoms with van der Waals surface area (Å²) in [5, 5.41) is 3.02. The number of carbonyl (C=O) groups is 1. The first-order chi connectivity index (χ1) is 14.5. The highest BCUT2D eigenvalue weighted by Crippen LogP contribution is 2.31. The monoisotopic (exact) mass is 494 g/mol.